The van der Waals surface area contributed by atoms with Crippen LogP contribution in [-0.2, 0) is 0 Å². The third-order valence-electron chi connectivity index (χ3n) is 8.97. The Hall–Kier alpha value is -6.65. The summed E-state index contributed by atoms with van der Waals surface area (Å²) in [7, 11) is 0. The molecule has 0 aliphatic carbocycles. The van der Waals surface area contributed by atoms with Crippen LogP contribution in [0.15, 0.2) is 180 Å². The first kappa shape index (κ1) is 28.6. The highest BCUT2D eigenvalue weighted by molar-refractivity contribution is 6.09. The van der Waals surface area contributed by atoms with Gasteiger partial charge in [0.25, 0.3) is 0 Å². The molecular weight excluding hydrogens is 599 g/mol. The van der Waals surface area contributed by atoms with Gasteiger partial charge in [0.2, 0.25) is 0 Å². The molecule has 0 amide bonds. The Morgan fingerprint density at radius 1 is 0.306 bits per heavy atom. The molecular formula is C45H29N3O. The van der Waals surface area contributed by atoms with E-state index < -0.39 is 0 Å². The van der Waals surface area contributed by atoms with Crippen LogP contribution in [0.5, 0.6) is 0 Å². The summed E-state index contributed by atoms with van der Waals surface area (Å²) < 4.78 is 6.37. The lowest BCUT2D eigenvalue weighted by molar-refractivity contribution is 0.669. The van der Waals surface area contributed by atoms with Crippen molar-refractivity contribution in [1.82, 2.24) is 15.0 Å². The van der Waals surface area contributed by atoms with Gasteiger partial charge >= 0.3 is 0 Å². The van der Waals surface area contributed by atoms with Crippen molar-refractivity contribution in [3.8, 4) is 67.5 Å². The van der Waals surface area contributed by atoms with E-state index in [4.69, 9.17) is 19.4 Å². The number of nitrogens with zero attached hydrogens (tertiary/aromatic N) is 3. The van der Waals surface area contributed by atoms with Crippen molar-refractivity contribution in [3.05, 3.63) is 176 Å². The lowest BCUT2D eigenvalue weighted by Gasteiger charge is -2.13. The summed E-state index contributed by atoms with van der Waals surface area (Å²) in [4.78, 5) is 15.0. The first-order chi connectivity index (χ1) is 24.3. The molecule has 4 nitrogen and oxygen atoms in total. The van der Waals surface area contributed by atoms with E-state index in [1.807, 2.05) is 66.7 Å². The van der Waals surface area contributed by atoms with E-state index in [1.54, 1.807) is 0 Å². The van der Waals surface area contributed by atoms with Crippen molar-refractivity contribution in [2.75, 3.05) is 0 Å². The van der Waals surface area contributed by atoms with Crippen LogP contribution in [0.2, 0.25) is 0 Å². The van der Waals surface area contributed by atoms with Gasteiger partial charge in [0, 0.05) is 21.9 Å². The van der Waals surface area contributed by atoms with Crippen LogP contribution in [0.3, 0.4) is 0 Å². The highest BCUT2D eigenvalue weighted by atomic mass is 16.3. The van der Waals surface area contributed by atoms with Gasteiger partial charge in [0.1, 0.15) is 11.2 Å². The third kappa shape index (κ3) is 5.35. The highest BCUT2D eigenvalue weighted by Gasteiger charge is 2.18. The van der Waals surface area contributed by atoms with Crippen LogP contribution in [0.4, 0.5) is 0 Å². The standard InChI is InChI=1S/C45H29N3O/c1-3-13-30(14-4-1)34-17-11-18-35(29-34)37-20-8-7-19-36(37)31-25-27-33(28-26-31)44-46-43(32-15-5-2-6-16-32)47-45(48-44)40-23-12-22-39-38-21-9-10-24-41(38)49-42(39)40/h1-29H. The molecule has 2 aromatic heterocycles. The Kier molecular flexibility index (Phi) is 7.10. The average molecular weight is 628 g/mol. The second-order valence-electron chi connectivity index (χ2n) is 12.0. The summed E-state index contributed by atoms with van der Waals surface area (Å²) in [6.07, 6.45) is 0. The van der Waals surface area contributed by atoms with E-state index in [9.17, 15) is 0 Å². The number of aromatic nitrogens is 3. The number of para-hydroxylation sites is 2. The lowest BCUT2D eigenvalue weighted by atomic mass is 9.92. The summed E-state index contributed by atoms with van der Waals surface area (Å²) in [6, 6.07) is 60.6. The second-order valence-corrected chi connectivity index (χ2v) is 12.0. The van der Waals surface area contributed by atoms with E-state index in [-0.39, 0.29) is 0 Å². The molecule has 49 heavy (non-hydrogen) atoms. The van der Waals surface area contributed by atoms with Gasteiger partial charge in [0.05, 0.1) is 5.56 Å². The van der Waals surface area contributed by atoms with Crippen molar-refractivity contribution in [1.29, 1.82) is 0 Å². The monoisotopic (exact) mass is 627 g/mol. The smallest absolute Gasteiger partial charge is 0.167 e. The molecule has 0 aliphatic heterocycles. The summed E-state index contributed by atoms with van der Waals surface area (Å²) >= 11 is 0. The van der Waals surface area contributed by atoms with Crippen LogP contribution in [0.25, 0.3) is 89.5 Å². The van der Waals surface area contributed by atoms with Crippen LogP contribution in [0, 0.1) is 0 Å². The summed E-state index contributed by atoms with van der Waals surface area (Å²) in [5.41, 5.74) is 11.3. The highest BCUT2D eigenvalue weighted by Crippen LogP contribution is 2.37. The molecule has 230 valence electrons. The minimum absolute atomic E-state index is 0.571. The van der Waals surface area contributed by atoms with Crippen LogP contribution in [-0.4, -0.2) is 15.0 Å². The lowest BCUT2D eigenvalue weighted by Crippen LogP contribution is -2.00. The largest absolute Gasteiger partial charge is 0.455 e. The number of hydrogen-bond acceptors (Lipinski definition) is 4. The Balaban J connectivity index is 1.13. The van der Waals surface area contributed by atoms with Gasteiger partial charge in [-0.2, -0.15) is 0 Å². The first-order valence-corrected chi connectivity index (χ1v) is 16.4. The molecule has 0 fully saturated rings. The fourth-order valence-corrected chi connectivity index (χ4v) is 6.55. The average Bonchev–Trinajstić information content (AvgIpc) is 3.58. The maximum absolute atomic E-state index is 6.37. The van der Waals surface area contributed by atoms with Gasteiger partial charge in [0.15, 0.2) is 17.5 Å². The zero-order valence-corrected chi connectivity index (χ0v) is 26.5. The third-order valence-corrected chi connectivity index (χ3v) is 8.97. The van der Waals surface area contributed by atoms with Gasteiger partial charge in [-0.15, -0.1) is 0 Å². The SMILES string of the molecule is c1ccc(-c2cccc(-c3ccccc3-c3ccc(-c4nc(-c5ccccc5)nc(-c5cccc6c5oc5ccccc56)n4)cc3)c2)cc1. The minimum Gasteiger partial charge on any atom is -0.455 e. The fraction of sp³-hybridized carbons (Fsp3) is 0. The van der Waals surface area contributed by atoms with Gasteiger partial charge < -0.3 is 4.42 Å². The van der Waals surface area contributed by atoms with E-state index in [2.05, 4.69) is 109 Å². The second kappa shape index (κ2) is 12.2. The first-order valence-electron chi connectivity index (χ1n) is 16.4. The quantitative estimate of drug-likeness (QED) is 0.184. The molecule has 0 spiro atoms. The Labute approximate surface area is 284 Å². The zero-order valence-electron chi connectivity index (χ0n) is 26.5. The molecule has 7 aromatic carbocycles. The molecule has 0 unspecified atom stereocenters. The minimum atomic E-state index is 0.571. The summed E-state index contributed by atoms with van der Waals surface area (Å²) in [5.74, 6) is 1.79. The Bertz CT molecular complexity index is 2590. The maximum atomic E-state index is 6.37. The van der Waals surface area contributed by atoms with Crippen molar-refractivity contribution in [2.24, 2.45) is 0 Å². The molecule has 0 bridgehead atoms. The number of hydrogen-bond donors (Lipinski definition) is 0. The molecule has 2 heterocycles. The number of fused-ring (bicyclic) bond motifs is 3. The van der Waals surface area contributed by atoms with Crippen LogP contribution >= 0.6 is 0 Å². The van der Waals surface area contributed by atoms with Gasteiger partial charge in [-0.1, -0.05) is 158 Å². The van der Waals surface area contributed by atoms with Gasteiger partial charge in [-0.3, -0.25) is 0 Å². The summed E-state index contributed by atoms with van der Waals surface area (Å²) in [6.45, 7) is 0. The van der Waals surface area contributed by atoms with E-state index in [1.165, 1.54) is 22.3 Å². The molecule has 0 N–H and O–H groups in total. The molecule has 0 radical (unpaired) electrons. The molecule has 0 saturated heterocycles. The van der Waals surface area contributed by atoms with Crippen molar-refractivity contribution in [3.63, 3.8) is 0 Å². The Morgan fingerprint density at radius 3 is 1.55 bits per heavy atom. The molecule has 0 aliphatic rings. The van der Waals surface area contributed by atoms with Crippen molar-refractivity contribution >= 4 is 21.9 Å². The van der Waals surface area contributed by atoms with Crippen LogP contribution < -0.4 is 0 Å². The van der Waals surface area contributed by atoms with E-state index in [0.717, 1.165) is 49.8 Å². The topological polar surface area (TPSA) is 51.8 Å². The van der Waals surface area contributed by atoms with Crippen molar-refractivity contribution in [2.45, 2.75) is 0 Å². The zero-order chi connectivity index (χ0) is 32.6. The van der Waals surface area contributed by atoms with E-state index >= 15 is 0 Å². The number of furan rings is 1. The normalized spacial score (nSPS) is 11.3. The van der Waals surface area contributed by atoms with Gasteiger partial charge in [-0.05, 0) is 51.6 Å². The molecule has 0 atom stereocenters. The fourth-order valence-electron chi connectivity index (χ4n) is 6.55. The molecule has 9 aromatic rings. The number of rotatable bonds is 6. The van der Waals surface area contributed by atoms with Crippen LogP contribution in [0.1, 0.15) is 0 Å². The predicted octanol–water partition coefficient (Wildman–Crippen LogP) is 11.8. The Morgan fingerprint density at radius 2 is 0.796 bits per heavy atom. The number of benzene rings is 7. The van der Waals surface area contributed by atoms with Crippen molar-refractivity contribution < 1.29 is 4.42 Å². The maximum Gasteiger partial charge on any atom is 0.167 e. The summed E-state index contributed by atoms with van der Waals surface area (Å²) in [5, 5.41) is 2.10. The van der Waals surface area contributed by atoms with Gasteiger partial charge in [-0.25, -0.2) is 15.0 Å². The predicted molar refractivity (Wildman–Crippen MR) is 200 cm³/mol. The van der Waals surface area contributed by atoms with E-state index in [0.29, 0.717) is 17.5 Å². The molecule has 4 heteroatoms. The molecule has 9 rings (SSSR count). The molecule has 0 saturated carbocycles.